The second-order valence-corrected chi connectivity index (χ2v) is 13.7. The van der Waals surface area contributed by atoms with Gasteiger partial charge >= 0.3 is 0 Å². The Kier molecular flexibility index (Phi) is 9.21. The minimum absolute atomic E-state index is 0.0289. The van der Waals surface area contributed by atoms with Gasteiger partial charge in [-0.05, 0) is 58.4 Å². The van der Waals surface area contributed by atoms with E-state index < -0.39 is 27.2 Å². The van der Waals surface area contributed by atoms with Crippen molar-refractivity contribution in [2.75, 3.05) is 35.9 Å². The number of ether oxygens (including phenoxy) is 1. The Bertz CT molecular complexity index is 1460. The van der Waals surface area contributed by atoms with Gasteiger partial charge in [-0.25, -0.2) is 8.42 Å². The van der Waals surface area contributed by atoms with Crippen LogP contribution >= 0.6 is 62.1 Å². The molecule has 4 rings (SSSR count). The van der Waals surface area contributed by atoms with Gasteiger partial charge in [0.1, 0.15) is 8.67 Å². The Balaban J connectivity index is 1.64. The minimum Gasteiger partial charge on any atom is -0.755 e. The topological polar surface area (TPSA) is 119 Å². The van der Waals surface area contributed by atoms with Crippen molar-refractivity contribution in [1.29, 1.82) is 0 Å². The molecule has 0 spiro atoms. The molecule has 1 N–H and O–H groups in total. The number of morpholine rings is 1. The van der Waals surface area contributed by atoms with Gasteiger partial charge in [-0.2, -0.15) is 4.31 Å². The molecule has 1 amide bonds. The highest BCUT2D eigenvalue weighted by Crippen LogP contribution is 2.49. The number of hydrogen-bond acceptors (Lipinski definition) is 7. The predicted molar refractivity (Wildman–Crippen MR) is 149 cm³/mol. The van der Waals surface area contributed by atoms with Crippen LogP contribution in [0.15, 0.2) is 51.8 Å². The lowest BCUT2D eigenvalue weighted by Gasteiger charge is -2.28. The third kappa shape index (κ3) is 6.16. The maximum atomic E-state index is 13.2. The first-order chi connectivity index (χ1) is 17.5. The fraction of sp³-hybridized carbons (Fsp3) is 0.190. The molecule has 37 heavy (non-hydrogen) atoms. The van der Waals surface area contributed by atoms with Gasteiger partial charge in [-0.3, -0.25) is 13.3 Å². The average Bonchev–Trinajstić information content (AvgIpc) is 3.12. The highest BCUT2D eigenvalue weighted by Gasteiger charge is 2.28. The van der Waals surface area contributed by atoms with Crippen LogP contribution in [-0.4, -0.2) is 53.7 Å². The third-order valence-corrected chi connectivity index (χ3v) is 10.9. The van der Waals surface area contributed by atoms with E-state index in [0.717, 1.165) is 15.6 Å². The van der Waals surface area contributed by atoms with Crippen LogP contribution in [0, 0.1) is 0 Å². The zero-order chi connectivity index (χ0) is 26.9. The van der Waals surface area contributed by atoms with Gasteiger partial charge < -0.3 is 14.6 Å². The molecule has 0 aliphatic carbocycles. The van der Waals surface area contributed by atoms with E-state index in [2.05, 4.69) is 21.2 Å². The van der Waals surface area contributed by atoms with Crippen LogP contribution in [0.25, 0.3) is 0 Å². The first-order valence-electron chi connectivity index (χ1n) is 10.3. The van der Waals surface area contributed by atoms with E-state index in [1.54, 1.807) is 0 Å². The molecule has 2 heterocycles. The Morgan fingerprint density at radius 3 is 2.32 bits per heavy atom. The molecule has 0 bridgehead atoms. The van der Waals surface area contributed by atoms with Gasteiger partial charge in [0.15, 0.2) is 0 Å². The highest BCUT2D eigenvalue weighted by molar-refractivity contribution is 9.10. The first-order valence-corrected chi connectivity index (χ1v) is 15.5. The number of carbonyl (C=O) groups is 1. The molecule has 1 aromatic heterocycles. The fourth-order valence-corrected chi connectivity index (χ4v) is 8.31. The molecule has 1 atom stereocenters. The largest absolute Gasteiger partial charge is 0.755 e. The van der Waals surface area contributed by atoms with E-state index in [0.29, 0.717) is 13.2 Å². The van der Waals surface area contributed by atoms with Crippen LogP contribution in [0.3, 0.4) is 0 Å². The Morgan fingerprint density at radius 1 is 1.11 bits per heavy atom. The van der Waals surface area contributed by atoms with Crippen LogP contribution in [0.4, 0.5) is 17.1 Å². The normalized spacial score (nSPS) is 15.4. The lowest BCUT2D eigenvalue weighted by molar-refractivity contribution is 0.0730. The third-order valence-electron chi connectivity index (χ3n) is 5.24. The molecule has 1 saturated heterocycles. The van der Waals surface area contributed by atoms with E-state index in [9.17, 15) is 22.0 Å². The van der Waals surface area contributed by atoms with Crippen molar-refractivity contribution in [3.63, 3.8) is 0 Å². The second-order valence-electron chi connectivity index (χ2n) is 7.48. The van der Waals surface area contributed by atoms with Crippen LogP contribution < -0.4 is 9.62 Å². The number of nitrogens with one attached hydrogen (secondary N) is 1. The number of anilines is 3. The molecule has 16 heteroatoms. The molecule has 0 radical (unpaired) electrons. The van der Waals surface area contributed by atoms with Crippen molar-refractivity contribution >= 4 is 106 Å². The molecular formula is C21H16BrCl3N3O6S3-. The summed E-state index contributed by atoms with van der Waals surface area (Å²) in [5, 5.41) is 2.83. The number of thiophene rings is 1. The van der Waals surface area contributed by atoms with E-state index in [4.69, 9.17) is 39.5 Å². The average molecular weight is 689 g/mol. The Hall–Kier alpha value is -1.26. The maximum Gasteiger partial charge on any atom is 0.257 e. The van der Waals surface area contributed by atoms with Crippen molar-refractivity contribution in [3.8, 4) is 0 Å². The predicted octanol–water partition coefficient (Wildman–Crippen LogP) is 5.68. The summed E-state index contributed by atoms with van der Waals surface area (Å²) in [6.07, 6.45) is 0. The van der Waals surface area contributed by atoms with Crippen LogP contribution in [0.2, 0.25) is 13.7 Å². The fourth-order valence-electron chi connectivity index (χ4n) is 3.51. The first kappa shape index (κ1) is 28.7. The van der Waals surface area contributed by atoms with Crippen molar-refractivity contribution in [2.24, 2.45) is 0 Å². The van der Waals surface area contributed by atoms with Crippen LogP contribution in [-0.2, 0) is 26.0 Å². The SMILES string of the molecule is O=C(Nc1ccc(S(=O)(=O)N2CCOCC2)cc1)c1cc(Cl)ccc1N(c1c(Cl)sc(Cl)c1Br)S(=O)[O-]. The number of carbonyl (C=O) groups excluding carboxylic acids is 1. The Labute approximate surface area is 242 Å². The molecular weight excluding hydrogens is 673 g/mol. The Morgan fingerprint density at radius 2 is 1.76 bits per heavy atom. The molecule has 198 valence electrons. The quantitative estimate of drug-likeness (QED) is 0.320. The van der Waals surface area contributed by atoms with Gasteiger partial charge in [0.05, 0.1) is 50.8 Å². The summed E-state index contributed by atoms with van der Waals surface area (Å²) in [4.78, 5) is 13.3. The smallest absolute Gasteiger partial charge is 0.257 e. The number of amides is 1. The van der Waals surface area contributed by atoms with Gasteiger partial charge in [-0.15, -0.1) is 11.3 Å². The number of hydrogen-bond donors (Lipinski definition) is 1. The van der Waals surface area contributed by atoms with Gasteiger partial charge in [0.25, 0.3) is 5.91 Å². The van der Waals surface area contributed by atoms with E-state index in [1.807, 2.05) is 0 Å². The molecule has 1 fully saturated rings. The van der Waals surface area contributed by atoms with E-state index >= 15 is 0 Å². The summed E-state index contributed by atoms with van der Waals surface area (Å²) in [7, 11) is -3.71. The monoisotopic (exact) mass is 686 g/mol. The number of rotatable bonds is 7. The maximum absolute atomic E-state index is 13.2. The van der Waals surface area contributed by atoms with E-state index in [-0.39, 0.29) is 58.8 Å². The number of benzene rings is 2. The number of sulfonamides is 1. The van der Waals surface area contributed by atoms with Crippen LogP contribution in [0.1, 0.15) is 10.4 Å². The van der Waals surface area contributed by atoms with Crippen LogP contribution in [0.5, 0.6) is 0 Å². The standard InChI is InChI=1S/C21H17BrCl3N3O6S3/c22-17-18(20(25)35-19(17)24)28(36(30)31)16-6-1-12(23)11-15(16)21(29)26-13-2-4-14(5-3-13)37(32,33)27-7-9-34-10-8-27/h1-6,11H,7-10H2,(H,26,29)(H,30,31)/p-1. The highest BCUT2D eigenvalue weighted by atomic mass is 79.9. The van der Waals surface area contributed by atoms with Crippen molar-refractivity contribution in [1.82, 2.24) is 4.31 Å². The van der Waals surface area contributed by atoms with Crippen molar-refractivity contribution < 1.29 is 26.7 Å². The molecule has 0 saturated carbocycles. The molecule has 1 unspecified atom stereocenters. The summed E-state index contributed by atoms with van der Waals surface area (Å²) in [6, 6.07) is 9.72. The van der Waals surface area contributed by atoms with Gasteiger partial charge in [0, 0.05) is 23.8 Å². The summed E-state index contributed by atoms with van der Waals surface area (Å²) < 4.78 is 58.1. The van der Waals surface area contributed by atoms with E-state index in [1.165, 1.54) is 46.8 Å². The minimum atomic E-state index is -3.71. The lowest BCUT2D eigenvalue weighted by atomic mass is 10.1. The van der Waals surface area contributed by atoms with Crippen molar-refractivity contribution in [3.05, 3.63) is 66.2 Å². The lowest BCUT2D eigenvalue weighted by Crippen LogP contribution is -2.40. The molecule has 1 aliphatic rings. The summed E-state index contributed by atoms with van der Waals surface area (Å²) in [5.74, 6) is -0.690. The summed E-state index contributed by atoms with van der Waals surface area (Å²) >= 11 is 19.8. The van der Waals surface area contributed by atoms with Crippen molar-refractivity contribution in [2.45, 2.75) is 4.90 Å². The number of halogens is 4. The van der Waals surface area contributed by atoms with Gasteiger partial charge in [0.2, 0.25) is 10.0 Å². The molecule has 3 aromatic rings. The molecule has 2 aromatic carbocycles. The number of nitrogens with zero attached hydrogens (tertiary/aromatic N) is 2. The summed E-state index contributed by atoms with van der Waals surface area (Å²) in [5.41, 5.74) is 0.217. The molecule has 9 nitrogen and oxygen atoms in total. The molecule has 1 aliphatic heterocycles. The zero-order valence-corrected chi connectivity index (χ0v) is 24.8. The van der Waals surface area contributed by atoms with Gasteiger partial charge in [-0.1, -0.05) is 34.8 Å². The second kappa shape index (κ2) is 11.9. The zero-order valence-electron chi connectivity index (χ0n) is 18.5. The summed E-state index contributed by atoms with van der Waals surface area (Å²) in [6.45, 7) is 1.15.